The molecule has 1 aliphatic heterocycles. The summed E-state index contributed by atoms with van der Waals surface area (Å²) in [5.41, 5.74) is 0.373. The van der Waals surface area contributed by atoms with Crippen molar-refractivity contribution in [2.24, 2.45) is 5.92 Å². The number of carbonyl (C=O) groups excluding carboxylic acids is 1. The van der Waals surface area contributed by atoms with Gasteiger partial charge in [0.2, 0.25) is 15.9 Å². The van der Waals surface area contributed by atoms with Crippen LogP contribution in [0, 0.1) is 28.9 Å². The number of hydrogen-bond donors (Lipinski definition) is 1. The SMILES string of the molecule is CC1CCN(C(=O)C(CCn2cccc2C#N)NS(=O)(=O)c2c(F)cc(F)cc2Br)CC1. The first kappa shape index (κ1) is 24.4. The van der Waals surface area contributed by atoms with Crippen LogP contribution in [0.25, 0.3) is 0 Å². The number of sulfonamides is 1. The molecule has 1 fully saturated rings. The maximum absolute atomic E-state index is 14.3. The molecule has 0 aliphatic carbocycles. The molecule has 2 heterocycles. The molecule has 0 bridgehead atoms. The minimum Gasteiger partial charge on any atom is -0.341 e. The van der Waals surface area contributed by atoms with Gasteiger partial charge in [0.1, 0.15) is 34.3 Å². The van der Waals surface area contributed by atoms with Gasteiger partial charge in [-0.1, -0.05) is 6.92 Å². The van der Waals surface area contributed by atoms with Crippen LogP contribution in [-0.4, -0.2) is 42.9 Å². The molecular weight excluding hydrogens is 506 g/mol. The number of nitrogens with zero attached hydrogens (tertiary/aromatic N) is 3. The van der Waals surface area contributed by atoms with Gasteiger partial charge in [-0.2, -0.15) is 9.98 Å². The summed E-state index contributed by atoms with van der Waals surface area (Å²) in [6, 6.07) is 5.45. The number of aryl methyl sites for hydroxylation is 1. The van der Waals surface area contributed by atoms with Crippen molar-refractivity contribution in [3.8, 4) is 6.07 Å². The Labute approximate surface area is 194 Å². The predicted molar refractivity (Wildman–Crippen MR) is 117 cm³/mol. The second kappa shape index (κ2) is 10.1. The average Bonchev–Trinajstić information content (AvgIpc) is 3.17. The lowest BCUT2D eigenvalue weighted by atomic mass is 9.98. The van der Waals surface area contributed by atoms with Gasteiger partial charge < -0.3 is 9.47 Å². The molecule has 1 saturated heterocycles. The Bertz CT molecular complexity index is 1120. The lowest BCUT2D eigenvalue weighted by Crippen LogP contribution is -2.51. The van der Waals surface area contributed by atoms with Gasteiger partial charge in [0.05, 0.1) is 0 Å². The summed E-state index contributed by atoms with van der Waals surface area (Å²) in [5, 5.41) is 9.19. The van der Waals surface area contributed by atoms with E-state index in [-0.39, 0.29) is 17.4 Å². The van der Waals surface area contributed by atoms with E-state index in [9.17, 15) is 27.3 Å². The molecule has 1 unspecified atom stereocenters. The summed E-state index contributed by atoms with van der Waals surface area (Å²) in [4.78, 5) is 14.1. The van der Waals surface area contributed by atoms with Gasteiger partial charge >= 0.3 is 0 Å². The fourth-order valence-electron chi connectivity index (χ4n) is 3.69. The highest BCUT2D eigenvalue weighted by atomic mass is 79.9. The molecule has 172 valence electrons. The van der Waals surface area contributed by atoms with Crippen molar-refractivity contribution in [3.63, 3.8) is 0 Å². The van der Waals surface area contributed by atoms with E-state index < -0.39 is 38.5 Å². The van der Waals surface area contributed by atoms with Crippen LogP contribution in [0.3, 0.4) is 0 Å². The highest BCUT2D eigenvalue weighted by Gasteiger charge is 2.33. The summed E-state index contributed by atoms with van der Waals surface area (Å²) in [7, 11) is -4.50. The smallest absolute Gasteiger partial charge is 0.245 e. The van der Waals surface area contributed by atoms with Crippen LogP contribution in [0.1, 0.15) is 31.9 Å². The monoisotopic (exact) mass is 528 g/mol. The van der Waals surface area contributed by atoms with Gasteiger partial charge in [0, 0.05) is 36.4 Å². The van der Waals surface area contributed by atoms with Crippen molar-refractivity contribution in [1.29, 1.82) is 5.26 Å². The highest BCUT2D eigenvalue weighted by molar-refractivity contribution is 9.10. The van der Waals surface area contributed by atoms with E-state index in [1.807, 2.05) is 6.07 Å². The first-order chi connectivity index (χ1) is 15.1. The summed E-state index contributed by atoms with van der Waals surface area (Å²) in [5.74, 6) is -2.14. The maximum Gasteiger partial charge on any atom is 0.245 e. The van der Waals surface area contributed by atoms with Crippen molar-refractivity contribution >= 4 is 31.9 Å². The van der Waals surface area contributed by atoms with Crippen LogP contribution in [0.5, 0.6) is 0 Å². The number of hydrogen-bond acceptors (Lipinski definition) is 4. The standard InChI is InChI=1S/C21H23BrF2N4O3S/c1-14-4-8-28(9-5-14)21(29)19(6-10-27-7-2-3-16(27)13-25)26-32(30,31)20-17(22)11-15(23)12-18(20)24/h2-3,7,11-12,14,19,26H,4-6,8-10H2,1H3. The molecule has 2 aromatic rings. The van der Waals surface area contributed by atoms with E-state index in [1.54, 1.807) is 27.8 Å². The molecule has 1 aliphatic rings. The Hall–Kier alpha value is -2.29. The lowest BCUT2D eigenvalue weighted by molar-refractivity contribution is -0.134. The summed E-state index contributed by atoms with van der Waals surface area (Å²) in [6.45, 7) is 3.29. The molecule has 32 heavy (non-hydrogen) atoms. The molecule has 1 aromatic carbocycles. The molecule has 1 atom stereocenters. The summed E-state index contributed by atoms with van der Waals surface area (Å²) >= 11 is 2.90. The number of carbonyl (C=O) groups is 1. The average molecular weight is 529 g/mol. The van der Waals surface area contributed by atoms with E-state index >= 15 is 0 Å². The zero-order valence-electron chi connectivity index (χ0n) is 17.4. The van der Waals surface area contributed by atoms with E-state index in [0.717, 1.165) is 18.9 Å². The predicted octanol–water partition coefficient (Wildman–Crippen LogP) is 3.40. The molecule has 0 saturated carbocycles. The summed E-state index contributed by atoms with van der Waals surface area (Å²) in [6.07, 6.45) is 3.32. The van der Waals surface area contributed by atoms with Gasteiger partial charge in [-0.15, -0.1) is 0 Å². The second-order valence-corrected chi connectivity index (χ2v) is 10.4. The van der Waals surface area contributed by atoms with E-state index in [0.29, 0.717) is 30.8 Å². The fourth-order valence-corrected chi connectivity index (χ4v) is 6.08. The first-order valence-corrected chi connectivity index (χ1v) is 12.4. The van der Waals surface area contributed by atoms with Crippen LogP contribution in [-0.2, 0) is 21.4 Å². The lowest BCUT2D eigenvalue weighted by Gasteiger charge is -2.33. The Balaban J connectivity index is 1.87. The number of nitrogens with one attached hydrogen (secondary N) is 1. The molecule has 0 radical (unpaired) electrons. The van der Waals surface area contributed by atoms with Crippen LogP contribution < -0.4 is 4.72 Å². The molecule has 0 spiro atoms. The van der Waals surface area contributed by atoms with Gasteiger partial charge in [0.25, 0.3) is 0 Å². The number of likely N-dealkylation sites (tertiary alicyclic amines) is 1. The number of nitriles is 1. The fraction of sp³-hybridized carbons (Fsp3) is 0.429. The number of amides is 1. The zero-order valence-corrected chi connectivity index (χ0v) is 19.8. The van der Waals surface area contributed by atoms with Crippen molar-refractivity contribution in [2.75, 3.05) is 13.1 Å². The van der Waals surface area contributed by atoms with Crippen molar-refractivity contribution in [1.82, 2.24) is 14.2 Å². The van der Waals surface area contributed by atoms with Crippen LogP contribution >= 0.6 is 15.9 Å². The maximum atomic E-state index is 14.3. The van der Waals surface area contributed by atoms with Gasteiger partial charge in [-0.25, -0.2) is 17.2 Å². The molecular formula is C21H23BrF2N4O3S. The normalized spacial score (nSPS) is 16.0. The minimum absolute atomic E-state index is 0.0495. The molecule has 1 amide bonds. The van der Waals surface area contributed by atoms with Gasteiger partial charge in [0.15, 0.2) is 0 Å². The Morgan fingerprint density at radius 1 is 1.34 bits per heavy atom. The minimum atomic E-state index is -4.50. The van der Waals surface area contributed by atoms with Crippen molar-refractivity contribution in [2.45, 2.75) is 43.7 Å². The molecule has 3 rings (SSSR count). The van der Waals surface area contributed by atoms with Crippen molar-refractivity contribution in [3.05, 3.63) is 52.3 Å². The van der Waals surface area contributed by atoms with Crippen LogP contribution in [0.4, 0.5) is 8.78 Å². The molecule has 7 nitrogen and oxygen atoms in total. The Kier molecular flexibility index (Phi) is 7.69. The van der Waals surface area contributed by atoms with Gasteiger partial charge in [-0.3, -0.25) is 4.79 Å². The van der Waals surface area contributed by atoms with Crippen LogP contribution in [0.2, 0.25) is 0 Å². The quantitative estimate of drug-likeness (QED) is 0.595. The Morgan fingerprint density at radius 2 is 2.03 bits per heavy atom. The highest BCUT2D eigenvalue weighted by Crippen LogP contribution is 2.27. The van der Waals surface area contributed by atoms with E-state index in [4.69, 9.17) is 0 Å². The van der Waals surface area contributed by atoms with E-state index in [2.05, 4.69) is 27.6 Å². The zero-order chi connectivity index (χ0) is 23.5. The third kappa shape index (κ3) is 5.54. The van der Waals surface area contributed by atoms with Crippen molar-refractivity contribution < 1.29 is 22.0 Å². The van der Waals surface area contributed by atoms with Crippen LogP contribution in [0.15, 0.2) is 39.8 Å². The largest absolute Gasteiger partial charge is 0.341 e. The number of halogens is 3. The Morgan fingerprint density at radius 3 is 2.66 bits per heavy atom. The number of rotatable bonds is 7. The topological polar surface area (TPSA) is 95.2 Å². The first-order valence-electron chi connectivity index (χ1n) is 10.1. The number of aromatic nitrogens is 1. The number of piperidine rings is 1. The third-order valence-corrected chi connectivity index (χ3v) is 7.96. The second-order valence-electron chi connectivity index (χ2n) is 7.87. The van der Waals surface area contributed by atoms with Gasteiger partial charge in [-0.05, 0) is 59.3 Å². The molecule has 1 aromatic heterocycles. The number of benzene rings is 1. The summed E-state index contributed by atoms with van der Waals surface area (Å²) < 4.78 is 57.4. The van der Waals surface area contributed by atoms with E-state index in [1.165, 1.54) is 0 Å². The molecule has 1 N–H and O–H groups in total. The molecule has 11 heteroatoms. The third-order valence-electron chi connectivity index (χ3n) is 5.53.